The molecule has 1 aliphatic rings. The zero-order chi connectivity index (χ0) is 33.7. The fourth-order valence-corrected chi connectivity index (χ4v) is 7.19. The number of nitrogens with two attached hydrogens (primary N) is 1. The molecule has 250 valence electrons. The number of pyridine rings is 1. The van der Waals surface area contributed by atoms with Crippen molar-refractivity contribution in [2.75, 3.05) is 13.1 Å². The normalized spacial score (nSPS) is 14.6. The van der Waals surface area contributed by atoms with Crippen LogP contribution in [-0.2, 0) is 26.1 Å². The summed E-state index contributed by atoms with van der Waals surface area (Å²) >= 11 is 0. The molecule has 0 spiro atoms. The third kappa shape index (κ3) is 7.71. The van der Waals surface area contributed by atoms with Crippen molar-refractivity contribution < 1.29 is 4.39 Å². The van der Waals surface area contributed by atoms with Gasteiger partial charge < -0.3 is 15.3 Å². The van der Waals surface area contributed by atoms with Gasteiger partial charge in [0.25, 0.3) is 0 Å². The van der Waals surface area contributed by atoms with Crippen LogP contribution in [0.25, 0.3) is 33.3 Å². The molecule has 47 heavy (non-hydrogen) atoms. The van der Waals surface area contributed by atoms with Crippen molar-refractivity contribution in [1.82, 2.24) is 20.0 Å². The lowest BCUT2D eigenvalue weighted by molar-refractivity contribution is 0.192. The van der Waals surface area contributed by atoms with Gasteiger partial charge in [-0.15, -0.1) is 6.58 Å². The van der Waals surface area contributed by atoms with E-state index in [1.807, 2.05) is 24.4 Å². The molecule has 2 aromatic carbocycles. The van der Waals surface area contributed by atoms with Crippen LogP contribution in [0.4, 0.5) is 4.39 Å². The second kappa shape index (κ2) is 15.0. The van der Waals surface area contributed by atoms with Crippen molar-refractivity contribution in [3.63, 3.8) is 0 Å². The number of aromatic nitrogens is 2. The van der Waals surface area contributed by atoms with Crippen molar-refractivity contribution in [1.29, 1.82) is 0 Å². The molecule has 5 rings (SSSR count). The summed E-state index contributed by atoms with van der Waals surface area (Å²) in [5.41, 5.74) is 21.0. The Labute approximate surface area is 281 Å². The number of rotatable bonds is 14. The van der Waals surface area contributed by atoms with E-state index in [0.29, 0.717) is 17.9 Å². The van der Waals surface area contributed by atoms with Gasteiger partial charge in [0.2, 0.25) is 0 Å². The lowest BCUT2D eigenvalue weighted by atomic mass is 9.80. The molecule has 5 nitrogen and oxygen atoms in total. The van der Waals surface area contributed by atoms with E-state index >= 15 is 0 Å². The first kappa shape index (κ1) is 34.6. The Balaban J connectivity index is 1.63. The molecule has 1 fully saturated rings. The molecule has 0 aliphatic carbocycles. The molecule has 3 N–H and O–H groups in total. The summed E-state index contributed by atoms with van der Waals surface area (Å²) in [5.74, 6) is 0.293. The Morgan fingerprint density at radius 1 is 1.11 bits per heavy atom. The van der Waals surface area contributed by atoms with Crippen LogP contribution in [0, 0.1) is 5.41 Å². The topological polar surface area (TPSA) is 59.1 Å². The second-order valence-electron chi connectivity index (χ2n) is 14.3. The molecule has 1 aliphatic heterocycles. The van der Waals surface area contributed by atoms with Crippen LogP contribution in [0.2, 0.25) is 0 Å². The van der Waals surface area contributed by atoms with Gasteiger partial charge in [0.15, 0.2) is 0 Å². The lowest BCUT2D eigenvalue weighted by Gasteiger charge is -2.33. The zero-order valence-corrected chi connectivity index (χ0v) is 29.2. The maximum atomic E-state index is 14.3. The highest BCUT2D eigenvalue weighted by atomic mass is 19.1. The van der Waals surface area contributed by atoms with Crippen LogP contribution >= 0.6 is 0 Å². The Hall–Kier alpha value is -3.74. The van der Waals surface area contributed by atoms with E-state index in [-0.39, 0.29) is 11.5 Å². The molecule has 4 aromatic rings. The van der Waals surface area contributed by atoms with E-state index in [4.69, 9.17) is 10.7 Å². The number of alkyl halides is 1. The number of aryl methyl sites for hydroxylation is 1. The van der Waals surface area contributed by atoms with Crippen LogP contribution in [0.15, 0.2) is 79.7 Å². The molecule has 3 heterocycles. The monoisotopic (exact) mass is 635 g/mol. The Bertz CT molecular complexity index is 1710. The van der Waals surface area contributed by atoms with Crippen molar-refractivity contribution in [3.05, 3.63) is 102 Å². The van der Waals surface area contributed by atoms with Gasteiger partial charge in [-0.3, -0.25) is 4.98 Å². The van der Waals surface area contributed by atoms with E-state index in [2.05, 4.69) is 99.2 Å². The van der Waals surface area contributed by atoms with Gasteiger partial charge in [-0.25, -0.2) is 9.82 Å². The average molecular weight is 636 g/mol. The average Bonchev–Trinajstić information content (AvgIpc) is 3.38. The number of halogens is 1. The number of allylic oxidation sites excluding steroid dienone is 1. The highest BCUT2D eigenvalue weighted by Gasteiger charge is 2.27. The first-order valence-electron chi connectivity index (χ1n) is 17.4. The fraction of sp³-hybridized carbons (Fsp3) is 0.439. The smallest absolute Gasteiger partial charge is 0.115 e. The molecule has 0 bridgehead atoms. The SMILES string of the molecule is C=CCCC(C)(C)Cc1c(-c2cccnc2C(C)C)n(CC)c2ccc(-c3cc(CF)cc(CC(N)C(=C)N4CCCCN4)c3)cc12. The van der Waals surface area contributed by atoms with Gasteiger partial charge in [0, 0.05) is 54.0 Å². The number of hydrogen-bond donors (Lipinski definition) is 2. The van der Waals surface area contributed by atoms with E-state index in [0.717, 1.165) is 79.8 Å². The molecule has 2 aromatic heterocycles. The van der Waals surface area contributed by atoms with Gasteiger partial charge in [-0.2, -0.15) is 0 Å². The fourth-order valence-electron chi connectivity index (χ4n) is 7.19. The highest BCUT2D eigenvalue weighted by Crippen LogP contribution is 2.42. The number of hydrazine groups is 1. The summed E-state index contributed by atoms with van der Waals surface area (Å²) in [4.78, 5) is 4.86. The number of fused-ring (bicyclic) bond motifs is 1. The molecular weight excluding hydrogens is 581 g/mol. The predicted octanol–water partition coefficient (Wildman–Crippen LogP) is 9.50. The summed E-state index contributed by atoms with van der Waals surface area (Å²) in [6.45, 7) is 21.8. The second-order valence-corrected chi connectivity index (χ2v) is 14.3. The van der Waals surface area contributed by atoms with Crippen molar-refractivity contribution >= 4 is 10.9 Å². The van der Waals surface area contributed by atoms with Crippen molar-refractivity contribution in [2.45, 2.75) is 98.3 Å². The Morgan fingerprint density at radius 3 is 2.57 bits per heavy atom. The van der Waals surface area contributed by atoms with Gasteiger partial charge in [0.1, 0.15) is 6.67 Å². The molecule has 0 saturated carbocycles. The van der Waals surface area contributed by atoms with Crippen LogP contribution in [0.3, 0.4) is 0 Å². The van der Waals surface area contributed by atoms with Crippen LogP contribution < -0.4 is 11.2 Å². The third-order valence-electron chi connectivity index (χ3n) is 9.69. The highest BCUT2D eigenvalue weighted by molar-refractivity contribution is 5.95. The minimum atomic E-state index is -0.523. The quantitative estimate of drug-likeness (QED) is 0.136. The minimum absolute atomic E-state index is 0.0645. The van der Waals surface area contributed by atoms with Crippen LogP contribution in [0.1, 0.15) is 88.6 Å². The molecule has 0 radical (unpaired) electrons. The standard InChI is InChI=1S/C41H54FN5/c1-8-10-17-41(6,7)26-36-35-25-32(15-16-38(35)46(9-2)40(36)34-14-13-18-44-39(34)28(3)4)33-22-30(21-31(23-33)27-42)24-37(43)29(5)47-20-12-11-19-45-47/h8,13-16,18,21-23,25,28,37,45H,1,5,9-12,17,19-20,24,26-27,43H2,2-4,6-7H3. The van der Waals surface area contributed by atoms with E-state index in [1.165, 1.54) is 27.7 Å². The first-order valence-corrected chi connectivity index (χ1v) is 17.4. The number of hydrogen-bond acceptors (Lipinski definition) is 4. The molecular formula is C41H54FN5. The van der Waals surface area contributed by atoms with E-state index in [1.54, 1.807) is 0 Å². The number of benzene rings is 2. The Kier molecular flexibility index (Phi) is 11.0. The van der Waals surface area contributed by atoms with Gasteiger partial charge in [0.05, 0.1) is 11.4 Å². The van der Waals surface area contributed by atoms with Gasteiger partial charge in [-0.1, -0.05) is 58.5 Å². The third-order valence-corrected chi connectivity index (χ3v) is 9.69. The first-order chi connectivity index (χ1) is 22.6. The molecule has 1 atom stereocenters. The van der Waals surface area contributed by atoms with Crippen molar-refractivity contribution in [2.24, 2.45) is 11.1 Å². The summed E-state index contributed by atoms with van der Waals surface area (Å²) in [6.07, 6.45) is 9.76. The zero-order valence-electron chi connectivity index (χ0n) is 29.2. The van der Waals surface area contributed by atoms with Crippen LogP contribution in [-0.4, -0.2) is 33.7 Å². The van der Waals surface area contributed by atoms with Gasteiger partial charge in [-0.05, 0) is 115 Å². The minimum Gasteiger partial charge on any atom is -0.340 e. The summed E-state index contributed by atoms with van der Waals surface area (Å²) in [5, 5.41) is 3.33. The maximum Gasteiger partial charge on any atom is 0.115 e. The summed E-state index contributed by atoms with van der Waals surface area (Å²) in [6, 6.07) is 16.9. The molecule has 6 heteroatoms. The maximum absolute atomic E-state index is 14.3. The van der Waals surface area contributed by atoms with E-state index < -0.39 is 6.67 Å². The number of nitrogens with zero attached hydrogens (tertiary/aromatic N) is 3. The van der Waals surface area contributed by atoms with Crippen molar-refractivity contribution in [3.8, 4) is 22.4 Å². The summed E-state index contributed by atoms with van der Waals surface area (Å²) < 4.78 is 16.8. The number of nitrogens with one attached hydrogen (secondary N) is 1. The Morgan fingerprint density at radius 2 is 1.89 bits per heavy atom. The predicted molar refractivity (Wildman–Crippen MR) is 197 cm³/mol. The molecule has 0 amide bonds. The molecule has 1 saturated heterocycles. The summed E-state index contributed by atoms with van der Waals surface area (Å²) in [7, 11) is 0. The van der Waals surface area contributed by atoms with E-state index in [9.17, 15) is 4.39 Å². The molecule has 1 unspecified atom stereocenters. The van der Waals surface area contributed by atoms with Crippen LogP contribution in [0.5, 0.6) is 0 Å². The van der Waals surface area contributed by atoms with Gasteiger partial charge >= 0.3 is 0 Å². The lowest BCUT2D eigenvalue weighted by Crippen LogP contribution is -2.47. The largest absolute Gasteiger partial charge is 0.340 e.